The Morgan fingerprint density at radius 3 is 2.62 bits per heavy atom. The van der Waals surface area contributed by atoms with E-state index in [4.69, 9.17) is 9.47 Å². The quantitative estimate of drug-likeness (QED) is 0.611. The number of amides is 1. The number of rotatable bonds is 5. The molecule has 0 saturated heterocycles. The van der Waals surface area contributed by atoms with Crippen LogP contribution in [0.5, 0.6) is 11.5 Å². The fraction of sp³-hybridized carbons (Fsp3) is 0.633. The lowest BCUT2D eigenvalue weighted by Crippen LogP contribution is -2.55. The summed E-state index contributed by atoms with van der Waals surface area (Å²) < 4.78 is 11.4. The van der Waals surface area contributed by atoms with Gasteiger partial charge in [0.25, 0.3) is 0 Å². The van der Waals surface area contributed by atoms with Gasteiger partial charge in [-0.1, -0.05) is 19.9 Å². The molecule has 8 rings (SSSR count). The molecule has 37 heavy (non-hydrogen) atoms. The summed E-state index contributed by atoms with van der Waals surface area (Å²) in [6, 6.07) is 6.20. The maximum Gasteiger partial charge on any atom is 0.226 e. The summed E-state index contributed by atoms with van der Waals surface area (Å²) in [5.41, 5.74) is 4.32. The maximum absolute atomic E-state index is 13.4. The average molecular weight is 503 g/mol. The second-order valence-electron chi connectivity index (χ2n) is 13.4. The fourth-order valence-corrected chi connectivity index (χ4v) is 9.49. The van der Waals surface area contributed by atoms with E-state index in [1.165, 1.54) is 44.1 Å². The number of hydrogen-bond acceptors (Lipinski definition) is 6. The second-order valence-corrected chi connectivity index (χ2v) is 13.4. The predicted octanol–water partition coefficient (Wildman–Crippen LogP) is 5.13. The normalized spacial score (nSPS) is 33.7. The molecule has 4 bridgehead atoms. The lowest BCUT2D eigenvalue weighted by molar-refractivity contribution is -0.153. The van der Waals surface area contributed by atoms with Crippen molar-refractivity contribution < 1.29 is 14.3 Å². The minimum absolute atomic E-state index is 0.133. The van der Waals surface area contributed by atoms with Gasteiger partial charge in [0.15, 0.2) is 11.5 Å². The van der Waals surface area contributed by atoms with Gasteiger partial charge >= 0.3 is 0 Å². The number of fused-ring (bicyclic) bond motifs is 2. The highest BCUT2D eigenvalue weighted by atomic mass is 16.6. The monoisotopic (exact) mass is 502 g/mol. The standard InChI is InChI=1S/C30H38N4O3/c1-28-10-21-11-29(2,16-28)18-30(12-21,17-28)13-26(35)33-27-22-5-6-34(15-23(22)31-19-32-27)14-20-3-4-24-25(9-20)37-8-7-36-24/h3-4,9,19,21H,5-8,10-18H2,1-2H3,(H,31,32,33,35). The molecule has 2 aliphatic heterocycles. The van der Waals surface area contributed by atoms with E-state index in [0.29, 0.717) is 30.5 Å². The molecule has 6 aliphatic rings. The smallest absolute Gasteiger partial charge is 0.226 e. The highest BCUT2D eigenvalue weighted by Crippen LogP contribution is 2.70. The molecule has 1 amide bonds. The van der Waals surface area contributed by atoms with Crippen molar-refractivity contribution in [3.05, 3.63) is 41.3 Å². The van der Waals surface area contributed by atoms with Crippen LogP contribution in [-0.4, -0.2) is 40.5 Å². The number of carbonyl (C=O) groups is 1. The molecule has 0 spiro atoms. The van der Waals surface area contributed by atoms with Crippen LogP contribution in [0.15, 0.2) is 24.5 Å². The Bertz CT molecular complexity index is 1230. The van der Waals surface area contributed by atoms with E-state index in [0.717, 1.165) is 60.5 Å². The third kappa shape index (κ3) is 4.39. The Labute approximate surface area is 219 Å². The van der Waals surface area contributed by atoms with E-state index < -0.39 is 0 Å². The van der Waals surface area contributed by atoms with Gasteiger partial charge in [-0.25, -0.2) is 9.97 Å². The Kier molecular flexibility index (Phi) is 5.33. The van der Waals surface area contributed by atoms with Gasteiger partial charge in [-0.05, 0) is 84.8 Å². The van der Waals surface area contributed by atoms with Crippen molar-refractivity contribution in [3.63, 3.8) is 0 Å². The fourth-order valence-electron chi connectivity index (χ4n) is 9.49. The highest BCUT2D eigenvalue weighted by molar-refractivity contribution is 5.91. The van der Waals surface area contributed by atoms with Gasteiger partial charge in [0.05, 0.1) is 5.69 Å². The molecule has 1 aromatic carbocycles. The summed E-state index contributed by atoms with van der Waals surface area (Å²) in [7, 11) is 0. The first-order valence-corrected chi connectivity index (χ1v) is 14.0. The van der Waals surface area contributed by atoms with Crippen molar-refractivity contribution >= 4 is 11.7 Å². The van der Waals surface area contributed by atoms with Gasteiger partial charge < -0.3 is 14.8 Å². The van der Waals surface area contributed by atoms with Crippen molar-refractivity contribution in [1.29, 1.82) is 0 Å². The summed E-state index contributed by atoms with van der Waals surface area (Å²) in [6.45, 7) is 8.62. The second kappa shape index (κ2) is 8.42. The zero-order chi connectivity index (χ0) is 25.3. The van der Waals surface area contributed by atoms with Gasteiger partial charge in [-0.3, -0.25) is 9.69 Å². The van der Waals surface area contributed by atoms with E-state index in [1.54, 1.807) is 6.33 Å². The number of benzene rings is 1. The Morgan fingerprint density at radius 1 is 1.05 bits per heavy atom. The summed E-state index contributed by atoms with van der Waals surface area (Å²) in [5, 5.41) is 3.23. The molecule has 4 saturated carbocycles. The van der Waals surface area contributed by atoms with E-state index in [1.807, 2.05) is 6.07 Å². The molecule has 0 radical (unpaired) electrons. The largest absolute Gasteiger partial charge is 0.486 e. The number of aromatic nitrogens is 2. The minimum atomic E-state index is 0.133. The van der Waals surface area contributed by atoms with Crippen LogP contribution in [-0.2, 0) is 24.3 Å². The molecule has 3 heterocycles. The predicted molar refractivity (Wildman–Crippen MR) is 140 cm³/mol. The topological polar surface area (TPSA) is 76.6 Å². The van der Waals surface area contributed by atoms with Crippen LogP contribution in [0.25, 0.3) is 0 Å². The first-order chi connectivity index (χ1) is 17.8. The SMILES string of the molecule is CC12CC3CC(C)(C1)CC(CC(=O)Nc1ncnc4c1CCN(Cc1ccc5c(c1)OCCO5)C4)(C3)C2. The van der Waals surface area contributed by atoms with E-state index >= 15 is 0 Å². The van der Waals surface area contributed by atoms with Crippen LogP contribution < -0.4 is 14.8 Å². The van der Waals surface area contributed by atoms with Gasteiger partial charge in [0.1, 0.15) is 25.4 Å². The molecule has 1 N–H and O–H groups in total. The minimum Gasteiger partial charge on any atom is -0.486 e. The van der Waals surface area contributed by atoms with Crippen molar-refractivity contribution in [2.24, 2.45) is 22.2 Å². The van der Waals surface area contributed by atoms with Crippen molar-refractivity contribution in [3.8, 4) is 11.5 Å². The molecule has 7 nitrogen and oxygen atoms in total. The molecular weight excluding hydrogens is 464 g/mol. The molecule has 196 valence electrons. The molecule has 4 aliphatic carbocycles. The average Bonchev–Trinajstić information content (AvgIpc) is 2.81. The van der Waals surface area contributed by atoms with Crippen molar-refractivity contribution in [2.75, 3.05) is 25.1 Å². The van der Waals surface area contributed by atoms with Crippen LogP contribution >= 0.6 is 0 Å². The lowest BCUT2D eigenvalue weighted by Gasteiger charge is -2.65. The molecule has 2 aromatic rings. The Hall–Kier alpha value is -2.67. The third-order valence-corrected chi connectivity index (χ3v) is 9.63. The molecular formula is C30H38N4O3. The number of nitrogens with zero attached hydrogens (tertiary/aromatic N) is 3. The number of hydrogen-bond donors (Lipinski definition) is 1. The zero-order valence-corrected chi connectivity index (χ0v) is 22.1. The Balaban J connectivity index is 1.03. The van der Waals surface area contributed by atoms with Crippen molar-refractivity contribution in [1.82, 2.24) is 14.9 Å². The van der Waals surface area contributed by atoms with Crippen LogP contribution in [0.3, 0.4) is 0 Å². The molecule has 7 heteroatoms. The first kappa shape index (κ1) is 23.4. The van der Waals surface area contributed by atoms with Crippen LogP contribution in [0.4, 0.5) is 5.82 Å². The summed E-state index contributed by atoms with van der Waals surface area (Å²) in [4.78, 5) is 24.9. The van der Waals surface area contributed by atoms with Gasteiger partial charge in [-0.15, -0.1) is 0 Å². The van der Waals surface area contributed by atoms with E-state index in [2.05, 4.69) is 46.2 Å². The lowest BCUT2D eigenvalue weighted by atomic mass is 9.40. The van der Waals surface area contributed by atoms with Crippen molar-refractivity contribution in [2.45, 2.75) is 78.3 Å². The number of nitrogens with one attached hydrogen (secondary N) is 1. The number of ether oxygens (including phenoxy) is 2. The summed E-state index contributed by atoms with van der Waals surface area (Å²) in [6.07, 6.45) is 10.7. The molecule has 4 fully saturated rings. The van der Waals surface area contributed by atoms with Crippen LogP contribution in [0, 0.1) is 22.2 Å². The zero-order valence-electron chi connectivity index (χ0n) is 22.1. The maximum atomic E-state index is 13.4. The number of anilines is 1. The van der Waals surface area contributed by atoms with Crippen LogP contribution in [0.2, 0.25) is 0 Å². The first-order valence-electron chi connectivity index (χ1n) is 14.0. The molecule has 1 aromatic heterocycles. The van der Waals surface area contributed by atoms with Gasteiger partial charge in [0, 0.05) is 31.6 Å². The van der Waals surface area contributed by atoms with Crippen LogP contribution in [0.1, 0.15) is 75.6 Å². The van der Waals surface area contributed by atoms with Gasteiger partial charge in [-0.2, -0.15) is 0 Å². The molecule has 2 atom stereocenters. The Morgan fingerprint density at radius 2 is 1.84 bits per heavy atom. The third-order valence-electron chi connectivity index (χ3n) is 9.63. The van der Waals surface area contributed by atoms with Gasteiger partial charge in [0.2, 0.25) is 5.91 Å². The van der Waals surface area contributed by atoms with E-state index in [-0.39, 0.29) is 11.3 Å². The summed E-state index contributed by atoms with van der Waals surface area (Å²) >= 11 is 0. The molecule has 2 unspecified atom stereocenters. The number of carbonyl (C=O) groups excluding carboxylic acids is 1. The van der Waals surface area contributed by atoms with E-state index in [9.17, 15) is 4.79 Å². The summed E-state index contributed by atoms with van der Waals surface area (Å²) in [5.74, 6) is 3.30. The highest BCUT2D eigenvalue weighted by Gasteiger charge is 2.60.